The van der Waals surface area contributed by atoms with Crippen molar-refractivity contribution in [1.82, 2.24) is 14.3 Å². The maximum absolute atomic E-state index is 12.9. The SMILES string of the molecule is Cc1ccc(-n2ncc(C(=O)Nc3cccc(Cl)c3)c2-n2cccc2)cc1. The van der Waals surface area contributed by atoms with Crippen LogP contribution < -0.4 is 5.32 Å². The van der Waals surface area contributed by atoms with Gasteiger partial charge in [-0.3, -0.25) is 4.79 Å². The van der Waals surface area contributed by atoms with E-state index in [1.54, 1.807) is 35.1 Å². The lowest BCUT2D eigenvalue weighted by molar-refractivity contribution is 0.102. The first-order chi connectivity index (χ1) is 13.1. The van der Waals surface area contributed by atoms with Crippen molar-refractivity contribution in [1.29, 1.82) is 0 Å². The first-order valence-electron chi connectivity index (χ1n) is 8.47. The molecular weight excluding hydrogens is 360 g/mol. The van der Waals surface area contributed by atoms with Gasteiger partial charge in [-0.25, -0.2) is 4.68 Å². The Morgan fingerprint density at radius 3 is 2.48 bits per heavy atom. The monoisotopic (exact) mass is 376 g/mol. The summed E-state index contributed by atoms with van der Waals surface area (Å²) in [6, 6.07) is 18.9. The molecule has 27 heavy (non-hydrogen) atoms. The molecule has 2 aromatic carbocycles. The van der Waals surface area contributed by atoms with Crippen molar-refractivity contribution in [3.05, 3.63) is 95.4 Å². The standard InChI is InChI=1S/C21H17ClN4O/c1-15-7-9-18(10-8-15)26-21(25-11-2-3-12-25)19(14-23-26)20(27)24-17-6-4-5-16(22)13-17/h2-14H,1H3,(H,24,27). The van der Waals surface area contributed by atoms with Gasteiger partial charge in [0.1, 0.15) is 5.56 Å². The van der Waals surface area contributed by atoms with Crippen LogP contribution in [0.15, 0.2) is 79.3 Å². The lowest BCUT2D eigenvalue weighted by Crippen LogP contribution is -2.15. The Bertz CT molecular complexity index is 1080. The van der Waals surface area contributed by atoms with Gasteiger partial charge in [0.25, 0.3) is 5.91 Å². The molecule has 0 atom stereocenters. The van der Waals surface area contributed by atoms with Gasteiger partial charge < -0.3 is 9.88 Å². The van der Waals surface area contributed by atoms with Crippen LogP contribution in [0, 0.1) is 6.92 Å². The molecule has 0 saturated carbocycles. The van der Waals surface area contributed by atoms with Crippen LogP contribution in [0.2, 0.25) is 5.02 Å². The van der Waals surface area contributed by atoms with Gasteiger partial charge in [0.2, 0.25) is 0 Å². The van der Waals surface area contributed by atoms with Crippen molar-refractivity contribution in [2.75, 3.05) is 5.32 Å². The molecule has 0 aliphatic heterocycles. The van der Waals surface area contributed by atoms with Crippen molar-refractivity contribution in [3.63, 3.8) is 0 Å². The molecule has 0 unspecified atom stereocenters. The van der Waals surface area contributed by atoms with Crippen molar-refractivity contribution in [3.8, 4) is 11.5 Å². The normalized spacial score (nSPS) is 10.7. The molecular formula is C21H17ClN4O. The van der Waals surface area contributed by atoms with Crippen molar-refractivity contribution >= 4 is 23.2 Å². The summed E-state index contributed by atoms with van der Waals surface area (Å²) in [6.45, 7) is 2.03. The molecule has 2 aromatic heterocycles. The van der Waals surface area contributed by atoms with Crippen LogP contribution in [0.5, 0.6) is 0 Å². The van der Waals surface area contributed by atoms with E-state index >= 15 is 0 Å². The number of nitrogens with one attached hydrogen (secondary N) is 1. The molecule has 0 aliphatic carbocycles. The molecule has 1 N–H and O–H groups in total. The summed E-state index contributed by atoms with van der Waals surface area (Å²) in [5.74, 6) is 0.419. The molecule has 6 heteroatoms. The van der Waals surface area contributed by atoms with E-state index in [1.807, 2.05) is 60.3 Å². The predicted octanol–water partition coefficient (Wildman–Crippen LogP) is 4.88. The lowest BCUT2D eigenvalue weighted by atomic mass is 10.2. The van der Waals surface area contributed by atoms with Crippen LogP contribution in [-0.4, -0.2) is 20.3 Å². The fraction of sp³-hybridized carbons (Fsp3) is 0.0476. The predicted molar refractivity (Wildman–Crippen MR) is 107 cm³/mol. The van der Waals surface area contributed by atoms with E-state index in [4.69, 9.17) is 11.6 Å². The highest BCUT2D eigenvalue weighted by atomic mass is 35.5. The van der Waals surface area contributed by atoms with Crippen molar-refractivity contribution in [2.45, 2.75) is 6.92 Å². The Kier molecular flexibility index (Phi) is 4.52. The van der Waals surface area contributed by atoms with E-state index in [2.05, 4.69) is 10.4 Å². The molecule has 0 saturated heterocycles. The second-order valence-corrected chi connectivity index (χ2v) is 6.62. The van der Waals surface area contributed by atoms with Crippen LogP contribution in [0.3, 0.4) is 0 Å². The van der Waals surface area contributed by atoms with E-state index < -0.39 is 0 Å². The number of anilines is 1. The van der Waals surface area contributed by atoms with Crippen LogP contribution in [-0.2, 0) is 0 Å². The Labute approximate surface area is 161 Å². The zero-order valence-corrected chi connectivity index (χ0v) is 15.4. The van der Waals surface area contributed by atoms with E-state index in [9.17, 15) is 4.79 Å². The van der Waals surface area contributed by atoms with Gasteiger partial charge in [0.05, 0.1) is 11.9 Å². The largest absolute Gasteiger partial charge is 0.322 e. The molecule has 4 rings (SSSR count). The molecule has 0 bridgehead atoms. The molecule has 4 aromatic rings. The molecule has 1 amide bonds. The summed E-state index contributed by atoms with van der Waals surface area (Å²) in [5, 5.41) is 7.91. The number of amides is 1. The summed E-state index contributed by atoms with van der Waals surface area (Å²) in [7, 11) is 0. The highest BCUT2D eigenvalue weighted by Crippen LogP contribution is 2.22. The van der Waals surface area contributed by atoms with E-state index in [1.165, 1.54) is 0 Å². The summed E-state index contributed by atoms with van der Waals surface area (Å²) >= 11 is 6.01. The topological polar surface area (TPSA) is 51.9 Å². The average molecular weight is 377 g/mol. The minimum atomic E-state index is -0.251. The van der Waals surface area contributed by atoms with Gasteiger partial charge in [-0.2, -0.15) is 5.10 Å². The minimum Gasteiger partial charge on any atom is -0.322 e. The van der Waals surface area contributed by atoms with Gasteiger partial charge in [0.15, 0.2) is 5.82 Å². The van der Waals surface area contributed by atoms with Gasteiger partial charge in [0, 0.05) is 23.1 Å². The number of carbonyl (C=O) groups excluding carboxylic acids is 1. The van der Waals surface area contributed by atoms with E-state index in [0.29, 0.717) is 22.1 Å². The van der Waals surface area contributed by atoms with Gasteiger partial charge in [-0.1, -0.05) is 35.4 Å². The van der Waals surface area contributed by atoms with Crippen LogP contribution >= 0.6 is 11.6 Å². The number of carbonyl (C=O) groups is 1. The second-order valence-electron chi connectivity index (χ2n) is 6.18. The van der Waals surface area contributed by atoms with E-state index in [-0.39, 0.29) is 5.91 Å². The number of nitrogens with zero attached hydrogens (tertiary/aromatic N) is 3. The molecule has 2 heterocycles. The van der Waals surface area contributed by atoms with Crippen molar-refractivity contribution in [2.24, 2.45) is 0 Å². The summed E-state index contributed by atoms with van der Waals surface area (Å²) < 4.78 is 3.63. The number of aromatic nitrogens is 3. The molecule has 0 aliphatic rings. The van der Waals surface area contributed by atoms with Gasteiger partial charge in [-0.05, 0) is 49.4 Å². The minimum absolute atomic E-state index is 0.251. The quantitative estimate of drug-likeness (QED) is 0.552. The molecule has 134 valence electrons. The maximum atomic E-state index is 12.9. The van der Waals surface area contributed by atoms with Crippen LogP contribution in [0.25, 0.3) is 11.5 Å². The highest BCUT2D eigenvalue weighted by Gasteiger charge is 2.20. The zero-order valence-electron chi connectivity index (χ0n) is 14.6. The summed E-state index contributed by atoms with van der Waals surface area (Å²) in [5.41, 5.74) is 3.14. The Hall–Kier alpha value is -3.31. The van der Waals surface area contributed by atoms with E-state index in [0.717, 1.165) is 11.3 Å². The fourth-order valence-electron chi connectivity index (χ4n) is 2.87. The number of rotatable bonds is 4. The van der Waals surface area contributed by atoms with Crippen LogP contribution in [0.1, 0.15) is 15.9 Å². The van der Waals surface area contributed by atoms with Crippen molar-refractivity contribution < 1.29 is 4.79 Å². The van der Waals surface area contributed by atoms with Crippen LogP contribution in [0.4, 0.5) is 5.69 Å². The Morgan fingerprint density at radius 2 is 1.78 bits per heavy atom. The number of benzene rings is 2. The first kappa shape index (κ1) is 17.1. The third-order valence-corrected chi connectivity index (χ3v) is 4.43. The average Bonchev–Trinajstić information content (AvgIpc) is 3.32. The first-order valence-corrected chi connectivity index (χ1v) is 8.85. The maximum Gasteiger partial charge on any atom is 0.261 e. The molecule has 0 fully saturated rings. The molecule has 5 nitrogen and oxygen atoms in total. The second kappa shape index (κ2) is 7.13. The number of hydrogen-bond donors (Lipinski definition) is 1. The highest BCUT2D eigenvalue weighted by molar-refractivity contribution is 6.31. The summed E-state index contributed by atoms with van der Waals surface area (Å²) in [6.07, 6.45) is 5.35. The number of hydrogen-bond acceptors (Lipinski definition) is 2. The Morgan fingerprint density at radius 1 is 1.04 bits per heavy atom. The molecule has 0 spiro atoms. The smallest absolute Gasteiger partial charge is 0.261 e. The lowest BCUT2D eigenvalue weighted by Gasteiger charge is -2.11. The van der Waals surface area contributed by atoms with Gasteiger partial charge in [-0.15, -0.1) is 0 Å². The summed E-state index contributed by atoms with van der Waals surface area (Å²) in [4.78, 5) is 12.9. The fourth-order valence-corrected chi connectivity index (χ4v) is 3.06. The third-order valence-electron chi connectivity index (χ3n) is 4.20. The zero-order chi connectivity index (χ0) is 18.8. The third kappa shape index (κ3) is 3.50. The number of halogens is 1. The molecule has 0 radical (unpaired) electrons. The number of aryl methyl sites for hydroxylation is 1. The Balaban J connectivity index is 1.77. The van der Waals surface area contributed by atoms with Gasteiger partial charge >= 0.3 is 0 Å².